The van der Waals surface area contributed by atoms with Crippen molar-refractivity contribution in [3.8, 4) is 0 Å². The molecule has 46 heavy (non-hydrogen) atoms. The molecular formula is C42H39BO2S. The summed E-state index contributed by atoms with van der Waals surface area (Å²) in [6, 6.07) is 60.6. The average molecular weight is 619 g/mol. The van der Waals surface area contributed by atoms with Crippen molar-refractivity contribution in [1.82, 2.24) is 0 Å². The summed E-state index contributed by atoms with van der Waals surface area (Å²) in [6.45, 7) is 2.28. The summed E-state index contributed by atoms with van der Waals surface area (Å²) in [5, 5.41) is 0. The van der Waals surface area contributed by atoms with Crippen molar-refractivity contribution in [2.45, 2.75) is 30.8 Å². The third-order valence-corrected chi connectivity index (χ3v) is 9.84. The van der Waals surface area contributed by atoms with Crippen molar-refractivity contribution >= 4 is 40.0 Å². The van der Waals surface area contributed by atoms with Gasteiger partial charge in [0.1, 0.15) is 0 Å². The molecule has 0 aliphatic carbocycles. The topological polar surface area (TPSA) is 34.1 Å². The Morgan fingerprint density at radius 3 is 1.17 bits per heavy atom. The van der Waals surface area contributed by atoms with Gasteiger partial charge in [0.15, 0.2) is 0 Å². The van der Waals surface area contributed by atoms with Crippen LogP contribution in [-0.4, -0.2) is 11.9 Å². The quantitative estimate of drug-likeness (QED) is 0.0834. The van der Waals surface area contributed by atoms with E-state index in [2.05, 4.69) is 97.9 Å². The minimum atomic E-state index is -1.29. The van der Waals surface area contributed by atoms with Crippen LogP contribution in [0, 0.1) is 0 Å². The Morgan fingerprint density at radius 1 is 0.522 bits per heavy atom. The van der Waals surface area contributed by atoms with E-state index in [1.807, 2.05) is 78.9 Å². The number of carbonyl (C=O) groups is 1. The fourth-order valence-electron chi connectivity index (χ4n) is 6.63. The molecule has 0 bridgehead atoms. The first-order valence-corrected chi connectivity index (χ1v) is 16.8. The number of rotatable bonds is 11. The molecule has 2 nitrogen and oxygen atoms in total. The van der Waals surface area contributed by atoms with Crippen LogP contribution < -0.4 is 16.4 Å². The molecule has 0 atom stereocenters. The molecule has 228 valence electrons. The maximum absolute atomic E-state index is 13.3. The fraction of sp³-hybridized carbons (Fsp3) is 0.119. The van der Waals surface area contributed by atoms with Crippen molar-refractivity contribution in [2.75, 3.05) is 0 Å². The highest BCUT2D eigenvalue weighted by molar-refractivity contribution is 7.68. The van der Waals surface area contributed by atoms with Crippen molar-refractivity contribution < 1.29 is 9.00 Å². The smallest absolute Gasteiger partial charge is 0.286 e. The van der Waals surface area contributed by atoms with E-state index < -0.39 is 10.9 Å². The van der Waals surface area contributed by atoms with Crippen LogP contribution in [0.3, 0.4) is 0 Å². The lowest BCUT2D eigenvalue weighted by Crippen LogP contribution is -2.66. The molecule has 0 spiro atoms. The lowest BCUT2D eigenvalue weighted by atomic mass is 9.14. The molecule has 0 saturated heterocycles. The summed E-state index contributed by atoms with van der Waals surface area (Å²) in [5.41, 5.74) is 6.25. The third kappa shape index (κ3) is 6.83. The first-order valence-electron chi connectivity index (χ1n) is 16.0. The number of benzene rings is 6. The van der Waals surface area contributed by atoms with Gasteiger partial charge in [-0.3, -0.25) is 4.79 Å². The number of hydrogen-bond donors (Lipinski definition) is 0. The van der Waals surface area contributed by atoms with Gasteiger partial charge in [0.2, 0.25) is 5.78 Å². The lowest BCUT2D eigenvalue weighted by molar-refractivity contribution is 0.0958. The normalized spacial score (nSPS) is 11.2. The molecular weight excluding hydrogens is 579 g/mol. The van der Waals surface area contributed by atoms with Crippen molar-refractivity contribution in [1.29, 1.82) is 0 Å². The van der Waals surface area contributed by atoms with Gasteiger partial charge in [-0.15, -0.1) is 0 Å². The van der Waals surface area contributed by atoms with Crippen LogP contribution >= 0.6 is 0 Å². The molecule has 4 heteroatoms. The van der Waals surface area contributed by atoms with Gasteiger partial charge in [-0.05, 0) is 0 Å². The number of carbonyl (C=O) groups excluding carboxylic acids is 1. The first kappa shape index (κ1) is 32.5. The van der Waals surface area contributed by atoms with E-state index in [0.29, 0.717) is 28.4 Å². The summed E-state index contributed by atoms with van der Waals surface area (Å²) in [7, 11) is 0. The summed E-state index contributed by atoms with van der Waals surface area (Å²) in [4.78, 5) is 13.3. The molecule has 6 rings (SSSR count). The maximum atomic E-state index is 13.3. The summed E-state index contributed by atoms with van der Waals surface area (Å²) < 4.78 is 11.0. The largest absolute Gasteiger partial charge is 0.484 e. The van der Waals surface area contributed by atoms with Gasteiger partial charge in [-0.1, -0.05) is 202 Å². The minimum Gasteiger partial charge on any atom is -0.286 e. The molecule has 0 aromatic heterocycles. The molecule has 0 radical (unpaired) electrons. The molecule has 0 amide bonds. The number of Topliss-reactive ketones (excluding diaryl/α,β-unsaturated/α-hetero) is 1. The van der Waals surface area contributed by atoms with Gasteiger partial charge < -0.3 is 0 Å². The van der Waals surface area contributed by atoms with Crippen LogP contribution in [0.15, 0.2) is 182 Å². The summed E-state index contributed by atoms with van der Waals surface area (Å²) in [6.07, 6.45) is 2.73. The van der Waals surface area contributed by atoms with Crippen LogP contribution in [0.4, 0.5) is 0 Å². The van der Waals surface area contributed by atoms with Crippen LogP contribution in [0.1, 0.15) is 41.3 Å². The zero-order valence-electron chi connectivity index (χ0n) is 26.2. The Kier molecular flexibility index (Phi) is 11.2. The molecule has 6 aromatic rings. The van der Waals surface area contributed by atoms with E-state index in [4.69, 9.17) is 0 Å². The van der Waals surface area contributed by atoms with Gasteiger partial charge in [0.05, 0.1) is 6.15 Å². The van der Waals surface area contributed by atoms with Gasteiger partial charge in [0.25, 0.3) is 0 Å². The Labute approximate surface area is 277 Å². The highest BCUT2D eigenvalue weighted by Crippen LogP contribution is 2.35. The van der Waals surface area contributed by atoms with E-state index in [1.165, 1.54) is 35.6 Å². The Balaban J connectivity index is 0.000000181. The molecule has 0 aliphatic rings. The summed E-state index contributed by atoms with van der Waals surface area (Å²) in [5.74, 6) is -0.199. The first-order chi connectivity index (χ1) is 22.7. The Morgan fingerprint density at radius 2 is 0.848 bits per heavy atom. The van der Waals surface area contributed by atoms with Gasteiger partial charge >= 0.3 is 16.4 Å². The molecule has 0 fully saturated rings. The second-order valence-electron chi connectivity index (χ2n) is 11.6. The van der Waals surface area contributed by atoms with E-state index in [9.17, 15) is 9.00 Å². The minimum absolute atomic E-state index is 0.199. The zero-order valence-corrected chi connectivity index (χ0v) is 27.1. The van der Waals surface area contributed by atoms with Gasteiger partial charge in [-0.25, -0.2) is 0 Å². The SMILES string of the molecule is CCCC[B-](c1ccccc1)(c1ccccc1)c1ccccc1.O=[S+]C(C(=O)c1ccccc1)(c1ccccc1)c1ccccc1. The van der Waals surface area contributed by atoms with Gasteiger partial charge in [-0.2, -0.15) is 22.7 Å². The van der Waals surface area contributed by atoms with E-state index >= 15 is 0 Å². The standard InChI is InChI=1S/C22H24B.C20H15O2S/c1-2-3-19-23(20-13-7-4-8-14-20,21-15-9-5-10-16-21)22-17-11-6-12-18-22;21-19(16-10-4-1-5-11-16)20(23-22,17-12-6-2-7-13-17)18-14-8-3-9-15-18/h4-18H,2-3,19H2,1H3;1-15H/q-1;+1. The van der Waals surface area contributed by atoms with Crippen molar-refractivity contribution in [3.05, 3.63) is 199 Å². The van der Waals surface area contributed by atoms with Crippen LogP contribution in [0.5, 0.6) is 0 Å². The van der Waals surface area contributed by atoms with Gasteiger partial charge in [0, 0.05) is 20.9 Å². The third-order valence-electron chi connectivity index (χ3n) is 8.94. The average Bonchev–Trinajstić information content (AvgIpc) is 3.15. The molecule has 6 aromatic carbocycles. The van der Waals surface area contributed by atoms with Crippen LogP contribution in [0.25, 0.3) is 0 Å². The monoisotopic (exact) mass is 618 g/mol. The van der Waals surface area contributed by atoms with E-state index in [1.54, 1.807) is 12.1 Å². The lowest BCUT2D eigenvalue weighted by Gasteiger charge is -2.43. The molecule has 0 saturated carbocycles. The summed E-state index contributed by atoms with van der Waals surface area (Å²) >= 11 is 0.327. The number of hydrogen-bond acceptors (Lipinski definition) is 2. The predicted molar refractivity (Wildman–Crippen MR) is 196 cm³/mol. The fourth-order valence-corrected chi connectivity index (χ4v) is 7.29. The Bertz CT molecular complexity index is 1640. The maximum Gasteiger partial charge on any atom is 0.484 e. The van der Waals surface area contributed by atoms with E-state index in [-0.39, 0.29) is 5.78 Å². The highest BCUT2D eigenvalue weighted by atomic mass is 32.1. The molecule has 0 aliphatic heterocycles. The Hall–Kier alpha value is -4.93. The zero-order chi connectivity index (χ0) is 32.1. The molecule has 0 heterocycles. The van der Waals surface area contributed by atoms with Crippen molar-refractivity contribution in [2.24, 2.45) is 0 Å². The molecule has 0 unspecified atom stereocenters. The van der Waals surface area contributed by atoms with Crippen LogP contribution in [-0.2, 0) is 20.6 Å². The predicted octanol–water partition coefficient (Wildman–Crippen LogP) is 8.20. The number of ketones is 1. The molecule has 0 N–H and O–H groups in total. The van der Waals surface area contributed by atoms with E-state index in [0.717, 1.165) is 0 Å². The highest BCUT2D eigenvalue weighted by Gasteiger charge is 2.56. The van der Waals surface area contributed by atoms with Crippen molar-refractivity contribution in [3.63, 3.8) is 0 Å². The second-order valence-corrected chi connectivity index (χ2v) is 12.4. The van der Waals surface area contributed by atoms with Crippen LogP contribution in [0.2, 0.25) is 6.32 Å². The second kappa shape index (κ2) is 15.9. The number of unbranched alkanes of at least 4 members (excludes halogenated alkanes) is 1.